The Kier molecular flexibility index (Phi) is 5.84. The Morgan fingerprint density at radius 1 is 1.17 bits per heavy atom. The highest BCUT2D eigenvalue weighted by atomic mass is 35.5. The number of hydrogen-bond donors (Lipinski definition) is 1. The zero-order chi connectivity index (χ0) is 20.4. The van der Waals surface area contributed by atoms with Crippen molar-refractivity contribution in [3.05, 3.63) is 69.8 Å². The van der Waals surface area contributed by atoms with E-state index in [4.69, 9.17) is 11.6 Å². The number of halogens is 3. The number of anilines is 1. The number of aromatic nitrogens is 1. The molecule has 0 amide bonds. The number of benzene rings is 2. The molecule has 2 heterocycles. The van der Waals surface area contributed by atoms with Crippen molar-refractivity contribution in [3.8, 4) is 21.7 Å². The van der Waals surface area contributed by atoms with Crippen LogP contribution in [0.25, 0.3) is 21.7 Å². The summed E-state index contributed by atoms with van der Waals surface area (Å²) in [6.07, 6.45) is 0.929. The standard InChI is InChI=1S/C20H14ClF2N3OS2/c21-16-6-3-13(20-25-7-8-28-20)9-15(16)12-1-4-14(5-2-12)26-29(27)19-17(22)10-24-11-18(19)23/h1-10,18,26H,11H2. The van der Waals surface area contributed by atoms with Gasteiger partial charge in [-0.15, -0.1) is 11.3 Å². The van der Waals surface area contributed by atoms with Gasteiger partial charge in [-0.1, -0.05) is 29.8 Å². The molecular weight excluding hydrogens is 436 g/mol. The number of alkyl halides is 1. The molecule has 0 aliphatic carbocycles. The molecule has 4 rings (SSSR count). The maximum absolute atomic E-state index is 13.9. The Labute approximate surface area is 177 Å². The summed E-state index contributed by atoms with van der Waals surface area (Å²) in [6.45, 7) is -0.233. The fraction of sp³-hybridized carbons (Fsp3) is 0.100. The van der Waals surface area contributed by atoms with Crippen LogP contribution >= 0.6 is 22.9 Å². The van der Waals surface area contributed by atoms with Gasteiger partial charge in [0.05, 0.1) is 12.8 Å². The van der Waals surface area contributed by atoms with Gasteiger partial charge in [-0.05, 0) is 29.8 Å². The van der Waals surface area contributed by atoms with Crippen molar-refractivity contribution in [1.82, 2.24) is 4.98 Å². The largest absolute Gasteiger partial charge is 0.301 e. The normalized spacial score (nSPS) is 17.4. The molecule has 0 saturated carbocycles. The second-order valence-corrected chi connectivity index (χ2v) is 8.64. The van der Waals surface area contributed by atoms with Gasteiger partial charge in [0.1, 0.15) is 9.91 Å². The third kappa shape index (κ3) is 4.29. The number of dihydropyridines is 1. The van der Waals surface area contributed by atoms with E-state index in [-0.39, 0.29) is 6.54 Å². The van der Waals surface area contributed by atoms with Gasteiger partial charge in [0.25, 0.3) is 0 Å². The minimum atomic E-state index is -2.04. The van der Waals surface area contributed by atoms with Gasteiger partial charge < -0.3 is 4.72 Å². The highest BCUT2D eigenvalue weighted by Gasteiger charge is 2.26. The SMILES string of the molecule is O=S(Nc1ccc(-c2cc(-c3nccs3)ccc2Cl)cc1)C1=C(F)C=NCC1F. The summed E-state index contributed by atoms with van der Waals surface area (Å²) in [4.78, 5) is 7.43. The van der Waals surface area contributed by atoms with Crippen molar-refractivity contribution in [3.63, 3.8) is 0 Å². The van der Waals surface area contributed by atoms with E-state index in [1.165, 1.54) is 11.3 Å². The molecule has 0 saturated heterocycles. The molecule has 3 aromatic rings. The third-order valence-corrected chi connectivity index (χ3v) is 6.67. The lowest BCUT2D eigenvalue weighted by molar-refractivity contribution is 0.392. The van der Waals surface area contributed by atoms with Crippen LogP contribution in [0.1, 0.15) is 0 Å². The van der Waals surface area contributed by atoms with Crippen LogP contribution in [0.4, 0.5) is 14.5 Å². The molecule has 29 heavy (non-hydrogen) atoms. The van der Waals surface area contributed by atoms with E-state index in [1.807, 2.05) is 23.6 Å². The van der Waals surface area contributed by atoms with Crippen LogP contribution in [0, 0.1) is 0 Å². The molecule has 1 aliphatic rings. The first-order valence-corrected chi connectivity index (χ1v) is 11.0. The summed E-state index contributed by atoms with van der Waals surface area (Å²) < 4.78 is 42.6. The molecule has 0 radical (unpaired) electrons. The maximum Gasteiger partial charge on any atom is 0.158 e. The van der Waals surface area contributed by atoms with E-state index >= 15 is 0 Å². The van der Waals surface area contributed by atoms with Gasteiger partial charge in [0, 0.05) is 33.4 Å². The molecule has 2 atom stereocenters. The fourth-order valence-corrected chi connectivity index (χ4v) is 4.71. The molecule has 1 aliphatic heterocycles. The zero-order valence-corrected chi connectivity index (χ0v) is 17.2. The second kappa shape index (κ2) is 8.52. The van der Waals surface area contributed by atoms with Crippen molar-refractivity contribution in [1.29, 1.82) is 0 Å². The number of allylic oxidation sites excluding steroid dienone is 1. The molecule has 148 valence electrons. The fourth-order valence-electron chi connectivity index (χ4n) is 2.85. The van der Waals surface area contributed by atoms with Crippen LogP contribution in [0.5, 0.6) is 0 Å². The van der Waals surface area contributed by atoms with Crippen molar-refractivity contribution in [2.45, 2.75) is 6.17 Å². The predicted molar refractivity (Wildman–Crippen MR) is 116 cm³/mol. The number of nitrogens with zero attached hydrogens (tertiary/aromatic N) is 2. The summed E-state index contributed by atoms with van der Waals surface area (Å²) in [5.74, 6) is -0.906. The van der Waals surface area contributed by atoms with Crippen molar-refractivity contribution >= 4 is 45.8 Å². The average molecular weight is 450 g/mol. The van der Waals surface area contributed by atoms with Gasteiger partial charge >= 0.3 is 0 Å². The predicted octanol–water partition coefficient (Wildman–Crippen LogP) is 5.81. The van der Waals surface area contributed by atoms with Crippen LogP contribution in [0.15, 0.2) is 69.8 Å². The molecule has 2 unspecified atom stereocenters. The molecule has 0 fully saturated rings. The lowest BCUT2D eigenvalue weighted by Crippen LogP contribution is -2.22. The average Bonchev–Trinajstić information content (AvgIpc) is 3.24. The molecule has 4 nitrogen and oxygen atoms in total. The molecule has 0 bridgehead atoms. The van der Waals surface area contributed by atoms with Crippen LogP contribution in [0.3, 0.4) is 0 Å². The Hall–Kier alpha value is -2.42. The summed E-state index contributed by atoms with van der Waals surface area (Å²) >= 11 is 7.90. The van der Waals surface area contributed by atoms with E-state index in [9.17, 15) is 13.0 Å². The van der Waals surface area contributed by atoms with Gasteiger partial charge in [-0.2, -0.15) is 0 Å². The van der Waals surface area contributed by atoms with Gasteiger partial charge in [-0.25, -0.2) is 18.0 Å². The monoisotopic (exact) mass is 449 g/mol. The van der Waals surface area contributed by atoms with E-state index in [1.54, 1.807) is 30.5 Å². The number of nitrogens with one attached hydrogen (secondary N) is 1. The van der Waals surface area contributed by atoms with Gasteiger partial charge in [0.15, 0.2) is 23.0 Å². The van der Waals surface area contributed by atoms with Crippen molar-refractivity contribution in [2.75, 3.05) is 11.3 Å². The second-order valence-electron chi connectivity index (χ2n) is 6.15. The first-order chi connectivity index (χ1) is 14.0. The minimum Gasteiger partial charge on any atom is -0.301 e. The zero-order valence-electron chi connectivity index (χ0n) is 14.8. The Bertz CT molecular complexity index is 1120. The molecule has 0 spiro atoms. The quantitative estimate of drug-likeness (QED) is 0.534. The molecule has 1 N–H and O–H groups in total. The van der Waals surface area contributed by atoms with E-state index in [2.05, 4.69) is 14.7 Å². The summed E-state index contributed by atoms with van der Waals surface area (Å²) in [5, 5.41) is 3.38. The lowest BCUT2D eigenvalue weighted by Gasteiger charge is -2.15. The van der Waals surface area contributed by atoms with E-state index in [0.717, 1.165) is 27.9 Å². The highest BCUT2D eigenvalue weighted by Crippen LogP contribution is 2.34. The van der Waals surface area contributed by atoms with E-state index in [0.29, 0.717) is 10.7 Å². The van der Waals surface area contributed by atoms with Crippen LogP contribution < -0.4 is 4.72 Å². The van der Waals surface area contributed by atoms with Crippen LogP contribution in [-0.4, -0.2) is 28.1 Å². The molecule has 2 aromatic carbocycles. The van der Waals surface area contributed by atoms with Gasteiger partial charge in [0.2, 0.25) is 0 Å². The Morgan fingerprint density at radius 2 is 1.93 bits per heavy atom. The van der Waals surface area contributed by atoms with Crippen molar-refractivity contribution < 1.29 is 13.0 Å². The summed E-state index contributed by atoms with van der Waals surface area (Å²) in [6, 6.07) is 12.6. The van der Waals surface area contributed by atoms with Gasteiger partial charge in [-0.3, -0.25) is 4.99 Å². The minimum absolute atomic E-state index is 0.233. The molecule has 1 aromatic heterocycles. The third-order valence-electron chi connectivity index (χ3n) is 4.24. The number of rotatable bonds is 5. The number of hydrogen-bond acceptors (Lipinski definition) is 4. The topological polar surface area (TPSA) is 54.4 Å². The lowest BCUT2D eigenvalue weighted by atomic mass is 10.0. The van der Waals surface area contributed by atoms with Crippen LogP contribution in [-0.2, 0) is 11.0 Å². The smallest absolute Gasteiger partial charge is 0.158 e. The summed E-state index contributed by atoms with van der Waals surface area (Å²) in [5.41, 5.74) is 3.10. The van der Waals surface area contributed by atoms with E-state index < -0.39 is 27.9 Å². The number of aliphatic imine (C=N–C) groups is 1. The number of thiazole rings is 1. The molecular formula is C20H14ClF2N3OS2. The molecule has 9 heteroatoms. The summed E-state index contributed by atoms with van der Waals surface area (Å²) in [7, 11) is -2.04. The highest BCUT2D eigenvalue weighted by molar-refractivity contribution is 7.90. The van der Waals surface area contributed by atoms with Crippen LogP contribution in [0.2, 0.25) is 5.02 Å². The maximum atomic E-state index is 13.9. The first kappa shape index (κ1) is 19.9. The Morgan fingerprint density at radius 3 is 2.62 bits per heavy atom. The van der Waals surface area contributed by atoms with Crippen molar-refractivity contribution in [2.24, 2.45) is 4.99 Å². The first-order valence-electron chi connectivity index (χ1n) is 8.55. The Balaban J connectivity index is 1.57.